The van der Waals surface area contributed by atoms with Gasteiger partial charge in [0.2, 0.25) is 0 Å². The summed E-state index contributed by atoms with van der Waals surface area (Å²) >= 11 is 0. The van der Waals surface area contributed by atoms with Crippen molar-refractivity contribution in [1.29, 1.82) is 0 Å². The third kappa shape index (κ3) is 1.94. The SMILES string of the molecule is NP=P1=CP=CP=C1. The quantitative estimate of drug-likeness (QED) is 0.567. The maximum atomic E-state index is 5.42. The fourth-order valence-electron chi connectivity index (χ4n) is 0.324. The summed E-state index contributed by atoms with van der Waals surface area (Å²) in [6.45, 7) is -0.0255. The number of rotatable bonds is 0. The summed E-state index contributed by atoms with van der Waals surface area (Å²) in [4.78, 5) is 0. The van der Waals surface area contributed by atoms with E-state index < -0.39 is 0 Å². The van der Waals surface area contributed by atoms with Gasteiger partial charge in [0.1, 0.15) is 0 Å². The van der Waals surface area contributed by atoms with Crippen LogP contribution in [0.3, 0.4) is 0 Å². The molecule has 1 heterocycles. The van der Waals surface area contributed by atoms with Crippen molar-refractivity contribution in [2.45, 2.75) is 0 Å². The average molecular weight is 179 g/mol. The van der Waals surface area contributed by atoms with Crippen LogP contribution in [0, 0.1) is 0 Å². The minimum absolute atomic E-state index is 0.0255. The zero-order valence-electron chi connectivity index (χ0n) is 4.10. The molecule has 42 valence electrons. The summed E-state index contributed by atoms with van der Waals surface area (Å²) in [5.41, 5.74) is 12.2. The zero-order valence-corrected chi connectivity index (χ0v) is 7.68. The van der Waals surface area contributed by atoms with E-state index in [2.05, 4.69) is 16.6 Å². The van der Waals surface area contributed by atoms with Crippen molar-refractivity contribution in [1.82, 2.24) is 0 Å². The Kier molecular flexibility index (Phi) is 3.21. The van der Waals surface area contributed by atoms with Gasteiger partial charge in [0.05, 0.1) is 0 Å². The second kappa shape index (κ2) is 3.73. The van der Waals surface area contributed by atoms with Crippen LogP contribution in [0.15, 0.2) is 0 Å². The first-order valence-corrected chi connectivity index (χ1v) is 7.22. The van der Waals surface area contributed by atoms with Crippen LogP contribution in [0.2, 0.25) is 0 Å². The van der Waals surface area contributed by atoms with Crippen molar-refractivity contribution in [2.24, 2.45) is 5.50 Å². The van der Waals surface area contributed by atoms with Crippen LogP contribution in [0.25, 0.3) is 0 Å². The van der Waals surface area contributed by atoms with E-state index in [0.717, 1.165) is 8.02 Å². The van der Waals surface area contributed by atoms with Crippen molar-refractivity contribution >= 4 is 47.9 Å². The van der Waals surface area contributed by atoms with Gasteiger partial charge in [-0.25, -0.2) is 0 Å². The Morgan fingerprint density at radius 2 is 2.38 bits per heavy atom. The molecule has 0 saturated heterocycles. The maximum Gasteiger partial charge on any atom is 0.00495 e. The van der Waals surface area contributed by atoms with E-state index in [1.54, 1.807) is 0 Å². The van der Waals surface area contributed by atoms with Crippen LogP contribution >= 0.6 is 31.3 Å². The first kappa shape index (κ1) is 6.88. The Labute approximate surface area is 54.0 Å². The lowest BCUT2D eigenvalue weighted by atomic mass is 11.9. The Morgan fingerprint density at radius 3 is 2.75 bits per heavy atom. The summed E-state index contributed by atoms with van der Waals surface area (Å²) in [6, 6.07) is 0. The Hall–Kier alpha value is 0.770. The maximum absolute atomic E-state index is 5.42. The fraction of sp³-hybridized carbons (Fsp3) is 0. The van der Waals surface area contributed by atoms with E-state index >= 15 is 0 Å². The highest BCUT2D eigenvalue weighted by molar-refractivity contribution is 8.11. The van der Waals surface area contributed by atoms with Crippen molar-refractivity contribution in [2.75, 3.05) is 0 Å². The van der Waals surface area contributed by atoms with Crippen molar-refractivity contribution < 1.29 is 0 Å². The predicted molar refractivity (Wildman–Crippen MR) is 50.1 cm³/mol. The Balaban J connectivity index is 3.01. The molecule has 0 aromatic heterocycles. The van der Waals surface area contributed by atoms with Gasteiger partial charge in [-0.3, -0.25) is 5.50 Å². The third-order valence-electron chi connectivity index (χ3n) is 0.637. The van der Waals surface area contributed by atoms with Crippen molar-refractivity contribution in [3.8, 4) is 0 Å². The molecule has 0 aromatic carbocycles. The molecule has 1 rings (SSSR count). The molecule has 1 nitrogen and oxygen atoms in total. The molecule has 2 N–H and O–H groups in total. The van der Waals surface area contributed by atoms with Gasteiger partial charge < -0.3 is 0 Å². The van der Waals surface area contributed by atoms with E-state index in [9.17, 15) is 0 Å². The Bertz CT molecular complexity index is 207. The van der Waals surface area contributed by atoms with Crippen molar-refractivity contribution in [3.05, 3.63) is 0 Å². The molecule has 0 spiro atoms. The number of hydrogen-bond acceptors (Lipinski definition) is 0. The lowest BCUT2D eigenvalue weighted by molar-refractivity contribution is 2.05. The van der Waals surface area contributed by atoms with Gasteiger partial charge in [-0.1, -0.05) is 23.2 Å². The molecule has 1 aliphatic heterocycles. The summed E-state index contributed by atoms with van der Waals surface area (Å²) < 4.78 is 0. The zero-order chi connectivity index (χ0) is 5.82. The van der Waals surface area contributed by atoms with Gasteiger partial charge in [0, 0.05) is 8.02 Å². The van der Waals surface area contributed by atoms with E-state index in [0.29, 0.717) is 0 Å². The molecule has 0 bridgehead atoms. The van der Waals surface area contributed by atoms with Gasteiger partial charge in [0.15, 0.2) is 0 Å². The van der Waals surface area contributed by atoms with Crippen molar-refractivity contribution in [3.63, 3.8) is 0 Å². The van der Waals surface area contributed by atoms with Gasteiger partial charge in [-0.05, 0) is 16.6 Å². The molecule has 1 aliphatic rings. The molecular formula is C3H5NP4. The van der Waals surface area contributed by atoms with E-state index in [-0.39, 0.29) is 6.83 Å². The second-order valence-electron chi connectivity index (χ2n) is 1.14. The van der Waals surface area contributed by atoms with E-state index in [4.69, 9.17) is 5.50 Å². The molecular weight excluding hydrogens is 174 g/mol. The molecule has 0 radical (unpaired) electrons. The largest absolute Gasteiger partial charge is 0.281 e. The molecule has 1 atom stereocenters. The standard InChI is InChI=1S/C3H5NP4/c4-7-8-2-5-1-6-3-8/h1-3H,4H2. The first-order chi connectivity index (χ1) is 3.93. The highest BCUT2D eigenvalue weighted by atomic mass is 31.7. The Morgan fingerprint density at radius 1 is 1.50 bits per heavy atom. The molecule has 0 fully saturated rings. The first-order valence-electron chi connectivity index (χ1n) is 2.01. The molecule has 0 aliphatic carbocycles. The minimum Gasteiger partial charge on any atom is -0.281 e. The predicted octanol–water partition coefficient (Wildman–Crippen LogP) is 2.39. The van der Waals surface area contributed by atoms with Crippen LogP contribution < -0.4 is 5.50 Å². The van der Waals surface area contributed by atoms with Crippen LogP contribution in [0.4, 0.5) is 0 Å². The smallest absolute Gasteiger partial charge is 0.00495 e. The molecule has 0 amide bonds. The average Bonchev–Trinajstić information content (AvgIpc) is 1.90. The lowest BCUT2D eigenvalue weighted by Crippen LogP contribution is -1.61. The summed E-state index contributed by atoms with van der Waals surface area (Å²) in [7, 11) is 3.76. The molecule has 1 unspecified atom stereocenters. The second-order valence-corrected chi connectivity index (χ2v) is 7.58. The van der Waals surface area contributed by atoms with Crippen LogP contribution in [0.5, 0.6) is 0 Å². The van der Waals surface area contributed by atoms with Gasteiger partial charge >= 0.3 is 0 Å². The van der Waals surface area contributed by atoms with E-state index in [1.807, 2.05) is 0 Å². The van der Waals surface area contributed by atoms with E-state index in [1.165, 1.54) is 16.4 Å². The molecule has 8 heavy (non-hydrogen) atoms. The lowest BCUT2D eigenvalue weighted by Gasteiger charge is -1.83. The topological polar surface area (TPSA) is 26.0 Å². The van der Waals surface area contributed by atoms with Gasteiger partial charge in [-0.15, -0.1) is 0 Å². The summed E-state index contributed by atoms with van der Waals surface area (Å²) in [5, 5.41) is 0. The molecule has 0 saturated carbocycles. The highest BCUT2D eigenvalue weighted by Gasteiger charge is 1.76. The normalized spacial score (nSPS) is 25.4. The van der Waals surface area contributed by atoms with Crippen LogP contribution in [-0.4, -0.2) is 16.6 Å². The molecule has 0 aromatic rings. The number of hydrogen-bond donors (Lipinski definition) is 1. The van der Waals surface area contributed by atoms with Crippen LogP contribution in [-0.2, 0) is 0 Å². The highest BCUT2D eigenvalue weighted by Crippen LogP contribution is 2.24. The van der Waals surface area contributed by atoms with Crippen LogP contribution in [0.1, 0.15) is 0 Å². The monoisotopic (exact) mass is 179 g/mol. The van der Waals surface area contributed by atoms with Gasteiger partial charge in [-0.2, -0.15) is 0 Å². The summed E-state index contributed by atoms with van der Waals surface area (Å²) in [6.07, 6.45) is 0. The molecule has 5 heteroatoms. The fourth-order valence-corrected chi connectivity index (χ4v) is 6.67. The number of nitrogens with two attached hydrogens (primary N) is 1. The minimum atomic E-state index is -0.0255. The van der Waals surface area contributed by atoms with Gasteiger partial charge in [0.25, 0.3) is 0 Å². The third-order valence-corrected chi connectivity index (χ3v) is 7.59. The summed E-state index contributed by atoms with van der Waals surface area (Å²) in [5.74, 6) is 0.